The van der Waals surface area contributed by atoms with Crippen molar-refractivity contribution >= 4 is 11.3 Å². The largest absolute Gasteiger partial charge is 0.573 e. The minimum Gasteiger partial charge on any atom is -0.406 e. The molecule has 2 aliphatic rings. The Morgan fingerprint density at radius 1 is 1.00 bits per heavy atom. The van der Waals surface area contributed by atoms with Crippen molar-refractivity contribution in [2.75, 3.05) is 5.32 Å². The van der Waals surface area contributed by atoms with Crippen LogP contribution >= 0.6 is 0 Å². The van der Waals surface area contributed by atoms with Gasteiger partial charge in [0.1, 0.15) is 5.75 Å². The van der Waals surface area contributed by atoms with E-state index in [-0.39, 0.29) is 11.3 Å². The summed E-state index contributed by atoms with van der Waals surface area (Å²) >= 11 is 0. The molecule has 0 aromatic heterocycles. The molecular formula is C27H32F3NO. The van der Waals surface area contributed by atoms with Gasteiger partial charge in [0, 0.05) is 5.69 Å². The van der Waals surface area contributed by atoms with Gasteiger partial charge in [-0.15, -0.1) is 13.2 Å². The first-order valence-corrected chi connectivity index (χ1v) is 11.8. The van der Waals surface area contributed by atoms with Gasteiger partial charge in [-0.3, -0.25) is 0 Å². The molecule has 2 atom stereocenters. The molecule has 0 bridgehead atoms. The molecule has 4 rings (SSSR count). The molecule has 0 unspecified atom stereocenters. The fourth-order valence-corrected chi connectivity index (χ4v) is 5.68. The lowest BCUT2D eigenvalue weighted by Crippen LogP contribution is -2.40. The van der Waals surface area contributed by atoms with Crippen LogP contribution < -0.4 is 10.1 Å². The van der Waals surface area contributed by atoms with Crippen molar-refractivity contribution in [1.29, 1.82) is 0 Å². The number of anilines is 1. The molecule has 5 heteroatoms. The lowest BCUT2D eigenvalue weighted by atomic mass is 9.81. The SMILES string of the molecule is CCCCCCC1=C(c2ccccc2)[C@]2(Nc3ccc(OC(F)(F)F)cc3)CCC[C@@H]2C1. The van der Waals surface area contributed by atoms with E-state index in [2.05, 4.69) is 41.2 Å². The highest BCUT2D eigenvalue weighted by Gasteiger charge is 2.51. The van der Waals surface area contributed by atoms with E-state index in [4.69, 9.17) is 0 Å². The van der Waals surface area contributed by atoms with E-state index in [9.17, 15) is 13.2 Å². The summed E-state index contributed by atoms with van der Waals surface area (Å²) < 4.78 is 41.6. The van der Waals surface area contributed by atoms with Crippen molar-refractivity contribution in [3.8, 4) is 5.75 Å². The van der Waals surface area contributed by atoms with Gasteiger partial charge in [-0.1, -0.05) is 68.5 Å². The van der Waals surface area contributed by atoms with E-state index in [1.165, 1.54) is 55.4 Å². The molecule has 0 amide bonds. The van der Waals surface area contributed by atoms with Gasteiger partial charge < -0.3 is 10.1 Å². The number of rotatable bonds is 9. The first-order chi connectivity index (χ1) is 15.4. The monoisotopic (exact) mass is 443 g/mol. The quantitative estimate of drug-likeness (QED) is 0.393. The molecule has 1 saturated carbocycles. The average Bonchev–Trinajstić information content (AvgIpc) is 3.27. The molecule has 0 aliphatic heterocycles. The Bertz CT molecular complexity index is 920. The van der Waals surface area contributed by atoms with Gasteiger partial charge in [-0.05, 0) is 73.4 Å². The van der Waals surface area contributed by atoms with Crippen molar-refractivity contribution in [2.24, 2.45) is 5.92 Å². The Morgan fingerprint density at radius 2 is 1.75 bits per heavy atom. The third-order valence-corrected chi connectivity index (χ3v) is 6.96. The van der Waals surface area contributed by atoms with Crippen molar-refractivity contribution in [2.45, 2.75) is 76.6 Å². The second-order valence-corrected chi connectivity index (χ2v) is 9.12. The number of alkyl halides is 3. The van der Waals surface area contributed by atoms with Crippen LogP contribution in [0.2, 0.25) is 0 Å². The molecule has 2 aromatic rings. The standard InChI is InChI=1S/C27H32F3NO/c1-2-3-4-6-12-21-19-22-13-9-18-26(22,25(21)20-10-7-5-8-11-20)31-23-14-16-24(17-15-23)32-27(28,29)30/h5,7-8,10-11,14-17,22,31H,2-4,6,9,12-13,18-19H2,1H3/t22-,26+/m1/s1. The maximum atomic E-state index is 12.5. The summed E-state index contributed by atoms with van der Waals surface area (Å²) in [6, 6.07) is 16.8. The molecule has 0 saturated heterocycles. The Morgan fingerprint density at radius 3 is 2.44 bits per heavy atom. The van der Waals surface area contributed by atoms with Gasteiger partial charge >= 0.3 is 6.36 Å². The second-order valence-electron chi connectivity index (χ2n) is 9.12. The van der Waals surface area contributed by atoms with Crippen LogP contribution in [0.5, 0.6) is 5.75 Å². The number of halogens is 3. The Kier molecular flexibility index (Phi) is 6.82. The maximum absolute atomic E-state index is 12.5. The molecular weight excluding hydrogens is 411 g/mol. The number of unbranched alkanes of at least 4 members (excludes halogenated alkanes) is 3. The molecule has 1 N–H and O–H groups in total. The number of hydrogen-bond acceptors (Lipinski definition) is 2. The van der Waals surface area contributed by atoms with Gasteiger partial charge in [0.25, 0.3) is 0 Å². The van der Waals surface area contributed by atoms with E-state index in [1.807, 2.05) is 6.07 Å². The van der Waals surface area contributed by atoms with Crippen LogP contribution in [0.4, 0.5) is 18.9 Å². The summed E-state index contributed by atoms with van der Waals surface area (Å²) in [6.07, 6.45) is 5.91. The van der Waals surface area contributed by atoms with Crippen LogP contribution in [-0.2, 0) is 0 Å². The number of benzene rings is 2. The Hall–Kier alpha value is -2.43. The van der Waals surface area contributed by atoms with E-state index in [0.717, 1.165) is 31.4 Å². The summed E-state index contributed by atoms with van der Waals surface area (Å²) in [5, 5.41) is 3.79. The molecule has 172 valence electrons. The summed E-state index contributed by atoms with van der Waals surface area (Å²) in [5.41, 5.74) is 4.93. The van der Waals surface area contributed by atoms with Gasteiger partial charge in [0.15, 0.2) is 0 Å². The zero-order valence-electron chi connectivity index (χ0n) is 18.7. The highest BCUT2D eigenvalue weighted by molar-refractivity contribution is 5.82. The van der Waals surface area contributed by atoms with Crippen molar-refractivity contribution in [1.82, 2.24) is 0 Å². The highest BCUT2D eigenvalue weighted by Crippen LogP contribution is 2.56. The summed E-state index contributed by atoms with van der Waals surface area (Å²) in [4.78, 5) is 0. The molecule has 2 aromatic carbocycles. The molecule has 0 spiro atoms. The number of hydrogen-bond donors (Lipinski definition) is 1. The lowest BCUT2D eigenvalue weighted by Gasteiger charge is -2.36. The number of nitrogens with one attached hydrogen (secondary N) is 1. The van der Waals surface area contributed by atoms with E-state index >= 15 is 0 Å². The third-order valence-electron chi connectivity index (χ3n) is 6.96. The van der Waals surface area contributed by atoms with E-state index in [1.54, 1.807) is 17.7 Å². The van der Waals surface area contributed by atoms with Crippen LogP contribution in [0.1, 0.15) is 70.3 Å². The smallest absolute Gasteiger partial charge is 0.406 e. The fourth-order valence-electron chi connectivity index (χ4n) is 5.68. The summed E-state index contributed by atoms with van der Waals surface area (Å²) in [5.74, 6) is 0.329. The number of ether oxygens (including phenoxy) is 1. The van der Waals surface area contributed by atoms with Crippen molar-refractivity contribution in [3.63, 3.8) is 0 Å². The molecule has 2 aliphatic carbocycles. The third kappa shape index (κ3) is 4.97. The first-order valence-electron chi connectivity index (χ1n) is 11.8. The van der Waals surface area contributed by atoms with Crippen molar-refractivity contribution in [3.05, 3.63) is 65.7 Å². The Labute approximate surface area is 188 Å². The van der Waals surface area contributed by atoms with Gasteiger partial charge in [-0.25, -0.2) is 0 Å². The zero-order chi connectivity index (χ0) is 22.6. The fraction of sp³-hybridized carbons (Fsp3) is 0.481. The predicted octanol–water partition coefficient (Wildman–Crippen LogP) is 8.36. The first kappa shape index (κ1) is 22.8. The van der Waals surface area contributed by atoms with Crippen LogP contribution in [0.3, 0.4) is 0 Å². The molecule has 2 nitrogen and oxygen atoms in total. The van der Waals surface area contributed by atoms with E-state index in [0.29, 0.717) is 5.92 Å². The normalized spacial score (nSPS) is 22.8. The molecule has 0 heterocycles. The van der Waals surface area contributed by atoms with E-state index < -0.39 is 6.36 Å². The van der Waals surface area contributed by atoms with Crippen LogP contribution in [0, 0.1) is 5.92 Å². The molecule has 32 heavy (non-hydrogen) atoms. The van der Waals surface area contributed by atoms with Crippen LogP contribution in [-0.4, -0.2) is 11.9 Å². The average molecular weight is 444 g/mol. The maximum Gasteiger partial charge on any atom is 0.573 e. The predicted molar refractivity (Wildman–Crippen MR) is 124 cm³/mol. The second kappa shape index (κ2) is 9.60. The zero-order valence-corrected chi connectivity index (χ0v) is 18.7. The Balaban J connectivity index is 1.63. The van der Waals surface area contributed by atoms with Gasteiger partial charge in [0.05, 0.1) is 5.54 Å². The summed E-state index contributed by atoms with van der Waals surface area (Å²) in [7, 11) is 0. The van der Waals surface area contributed by atoms with Gasteiger partial charge in [0.2, 0.25) is 0 Å². The minimum atomic E-state index is -4.68. The molecule has 0 radical (unpaired) electrons. The van der Waals surface area contributed by atoms with Crippen molar-refractivity contribution < 1.29 is 17.9 Å². The topological polar surface area (TPSA) is 21.3 Å². The van der Waals surface area contributed by atoms with Gasteiger partial charge in [-0.2, -0.15) is 0 Å². The highest BCUT2D eigenvalue weighted by atomic mass is 19.4. The number of allylic oxidation sites excluding steroid dienone is 1. The number of fused-ring (bicyclic) bond motifs is 1. The minimum absolute atomic E-state index is 0.159. The lowest BCUT2D eigenvalue weighted by molar-refractivity contribution is -0.274. The summed E-state index contributed by atoms with van der Waals surface area (Å²) in [6.45, 7) is 2.23. The molecule has 1 fully saturated rings. The van der Waals surface area contributed by atoms with Crippen LogP contribution in [0.15, 0.2) is 60.2 Å². The van der Waals surface area contributed by atoms with Crippen LogP contribution in [0.25, 0.3) is 5.57 Å².